The number of rotatable bonds is 5. The molecular formula is C16H20N4O. The molecule has 2 rings (SSSR count). The molecule has 0 fully saturated rings. The van der Waals surface area contributed by atoms with Crippen LogP contribution in [0.4, 0.5) is 0 Å². The third-order valence-electron chi connectivity index (χ3n) is 3.22. The van der Waals surface area contributed by atoms with E-state index in [1.165, 1.54) is 11.1 Å². The Morgan fingerprint density at radius 3 is 2.52 bits per heavy atom. The van der Waals surface area contributed by atoms with E-state index >= 15 is 0 Å². The third kappa shape index (κ3) is 4.29. The van der Waals surface area contributed by atoms with Gasteiger partial charge in [0.1, 0.15) is 5.69 Å². The molecule has 2 aromatic rings. The third-order valence-corrected chi connectivity index (χ3v) is 3.22. The van der Waals surface area contributed by atoms with Gasteiger partial charge in [-0.25, -0.2) is 0 Å². The molecule has 0 atom stereocenters. The highest BCUT2D eigenvalue weighted by Crippen LogP contribution is 2.10. The van der Waals surface area contributed by atoms with E-state index in [0.717, 1.165) is 18.7 Å². The van der Waals surface area contributed by atoms with E-state index in [1.54, 1.807) is 6.20 Å². The summed E-state index contributed by atoms with van der Waals surface area (Å²) in [6, 6.07) is 12.3. The Morgan fingerprint density at radius 2 is 1.86 bits per heavy atom. The molecule has 0 aliphatic carbocycles. The Kier molecular flexibility index (Phi) is 4.90. The molecule has 3 N–H and O–H groups in total. The minimum absolute atomic E-state index is 0.0260. The predicted octanol–water partition coefficient (Wildman–Crippen LogP) is 2.12. The minimum atomic E-state index is 0.0260. The molecule has 0 aliphatic rings. The van der Waals surface area contributed by atoms with Gasteiger partial charge in [-0.05, 0) is 37.2 Å². The molecule has 21 heavy (non-hydrogen) atoms. The quantitative estimate of drug-likeness (QED) is 0.382. The zero-order chi connectivity index (χ0) is 15.2. The number of amidine groups is 1. The highest BCUT2D eigenvalue weighted by Gasteiger charge is 2.05. The van der Waals surface area contributed by atoms with Crippen molar-refractivity contribution in [3.8, 4) is 0 Å². The summed E-state index contributed by atoms with van der Waals surface area (Å²) in [5, 5.41) is 11.7. The van der Waals surface area contributed by atoms with E-state index < -0.39 is 0 Å². The summed E-state index contributed by atoms with van der Waals surface area (Å²) < 4.78 is 0. The summed E-state index contributed by atoms with van der Waals surface area (Å²) in [5.74, 6) is 0.0260. The Hall–Kier alpha value is -2.40. The Balaban J connectivity index is 2.02. The zero-order valence-corrected chi connectivity index (χ0v) is 12.3. The number of benzene rings is 1. The number of aryl methyl sites for hydroxylation is 1. The van der Waals surface area contributed by atoms with Gasteiger partial charge in [-0.1, -0.05) is 35.0 Å². The number of hydrogen-bond acceptors (Lipinski definition) is 4. The highest BCUT2D eigenvalue weighted by atomic mass is 16.4. The van der Waals surface area contributed by atoms with Crippen molar-refractivity contribution in [2.24, 2.45) is 10.9 Å². The fourth-order valence-electron chi connectivity index (χ4n) is 2.14. The molecule has 5 heteroatoms. The van der Waals surface area contributed by atoms with Crippen LogP contribution in [0.15, 0.2) is 47.8 Å². The first-order chi connectivity index (χ1) is 10.1. The van der Waals surface area contributed by atoms with Crippen molar-refractivity contribution in [2.75, 3.05) is 7.05 Å². The lowest BCUT2D eigenvalue weighted by molar-refractivity contribution is 0.317. The number of oxime groups is 1. The maximum atomic E-state index is 8.69. The first kappa shape index (κ1) is 15.0. The van der Waals surface area contributed by atoms with Gasteiger partial charge in [-0.15, -0.1) is 0 Å². The Morgan fingerprint density at radius 1 is 1.19 bits per heavy atom. The molecule has 0 unspecified atom stereocenters. The standard InChI is InChI=1S/C16H20N4O/c1-12-3-5-13(6-4-12)10-20(2)11-14-7-8-18-15(9-14)16(17)19-21/h3-9,21H,10-11H2,1-2H3,(H2,17,19). The van der Waals surface area contributed by atoms with Crippen molar-refractivity contribution in [2.45, 2.75) is 20.0 Å². The Bertz CT molecular complexity index is 622. The van der Waals surface area contributed by atoms with Gasteiger partial charge >= 0.3 is 0 Å². The summed E-state index contributed by atoms with van der Waals surface area (Å²) in [6.45, 7) is 3.71. The van der Waals surface area contributed by atoms with Crippen molar-refractivity contribution in [3.63, 3.8) is 0 Å². The highest BCUT2D eigenvalue weighted by molar-refractivity contribution is 5.95. The summed E-state index contributed by atoms with van der Waals surface area (Å²) in [6.07, 6.45) is 1.67. The van der Waals surface area contributed by atoms with E-state index in [4.69, 9.17) is 10.9 Å². The lowest BCUT2D eigenvalue weighted by Gasteiger charge is -2.17. The van der Waals surface area contributed by atoms with Crippen LogP contribution < -0.4 is 5.73 Å². The van der Waals surface area contributed by atoms with Gasteiger partial charge < -0.3 is 10.9 Å². The van der Waals surface area contributed by atoms with Crippen molar-refractivity contribution in [3.05, 3.63) is 65.0 Å². The topological polar surface area (TPSA) is 74.7 Å². The van der Waals surface area contributed by atoms with Crippen LogP contribution >= 0.6 is 0 Å². The van der Waals surface area contributed by atoms with Crippen LogP contribution in [-0.4, -0.2) is 28.0 Å². The summed E-state index contributed by atoms with van der Waals surface area (Å²) in [4.78, 5) is 6.28. The molecule has 0 aliphatic heterocycles. The molecule has 0 amide bonds. The van der Waals surface area contributed by atoms with Crippen molar-refractivity contribution in [1.82, 2.24) is 9.88 Å². The van der Waals surface area contributed by atoms with E-state index in [-0.39, 0.29) is 5.84 Å². The number of nitrogens with zero attached hydrogens (tertiary/aromatic N) is 3. The van der Waals surface area contributed by atoms with Gasteiger partial charge in [-0.2, -0.15) is 0 Å². The second-order valence-corrected chi connectivity index (χ2v) is 5.19. The monoisotopic (exact) mass is 284 g/mol. The molecule has 0 saturated carbocycles. The van der Waals surface area contributed by atoms with Gasteiger partial charge in [0, 0.05) is 19.3 Å². The van der Waals surface area contributed by atoms with Crippen molar-refractivity contribution >= 4 is 5.84 Å². The molecule has 0 spiro atoms. The lowest BCUT2D eigenvalue weighted by atomic mass is 10.1. The van der Waals surface area contributed by atoms with Crippen LogP contribution in [-0.2, 0) is 13.1 Å². The van der Waals surface area contributed by atoms with E-state index in [9.17, 15) is 0 Å². The van der Waals surface area contributed by atoms with Gasteiger partial charge in [-0.3, -0.25) is 9.88 Å². The maximum absolute atomic E-state index is 8.69. The summed E-state index contributed by atoms with van der Waals surface area (Å²) in [5.41, 5.74) is 9.65. The average Bonchev–Trinajstić information content (AvgIpc) is 2.49. The van der Waals surface area contributed by atoms with Crippen LogP contribution in [0.5, 0.6) is 0 Å². The molecular weight excluding hydrogens is 264 g/mol. The number of pyridine rings is 1. The molecule has 0 bridgehead atoms. The second-order valence-electron chi connectivity index (χ2n) is 5.19. The summed E-state index contributed by atoms with van der Waals surface area (Å²) >= 11 is 0. The van der Waals surface area contributed by atoms with Gasteiger partial charge in [0.25, 0.3) is 0 Å². The first-order valence-corrected chi connectivity index (χ1v) is 6.75. The van der Waals surface area contributed by atoms with Gasteiger partial charge in [0.2, 0.25) is 0 Å². The van der Waals surface area contributed by atoms with Crippen LogP contribution in [0.3, 0.4) is 0 Å². The van der Waals surface area contributed by atoms with Crippen LogP contribution in [0.25, 0.3) is 0 Å². The molecule has 5 nitrogen and oxygen atoms in total. The van der Waals surface area contributed by atoms with Crippen molar-refractivity contribution < 1.29 is 5.21 Å². The molecule has 1 aromatic carbocycles. The molecule has 1 aromatic heterocycles. The van der Waals surface area contributed by atoms with Gasteiger partial charge in [0.05, 0.1) is 0 Å². The lowest BCUT2D eigenvalue weighted by Crippen LogP contribution is -2.19. The molecule has 0 saturated heterocycles. The fourth-order valence-corrected chi connectivity index (χ4v) is 2.14. The first-order valence-electron chi connectivity index (χ1n) is 6.75. The smallest absolute Gasteiger partial charge is 0.188 e. The average molecular weight is 284 g/mol. The normalized spacial score (nSPS) is 11.9. The second kappa shape index (κ2) is 6.85. The molecule has 1 heterocycles. The van der Waals surface area contributed by atoms with E-state index in [1.807, 2.05) is 12.1 Å². The van der Waals surface area contributed by atoms with E-state index in [0.29, 0.717) is 5.69 Å². The molecule has 110 valence electrons. The van der Waals surface area contributed by atoms with Crippen LogP contribution in [0, 0.1) is 6.92 Å². The molecule has 0 radical (unpaired) electrons. The number of aromatic nitrogens is 1. The maximum Gasteiger partial charge on any atom is 0.188 e. The van der Waals surface area contributed by atoms with Crippen LogP contribution in [0.1, 0.15) is 22.4 Å². The minimum Gasteiger partial charge on any atom is -0.409 e. The number of nitrogens with two attached hydrogens (primary N) is 1. The van der Waals surface area contributed by atoms with Crippen molar-refractivity contribution in [1.29, 1.82) is 0 Å². The Labute approximate surface area is 124 Å². The van der Waals surface area contributed by atoms with Gasteiger partial charge in [0.15, 0.2) is 5.84 Å². The zero-order valence-electron chi connectivity index (χ0n) is 12.3. The van der Waals surface area contributed by atoms with Crippen LogP contribution in [0.2, 0.25) is 0 Å². The predicted molar refractivity (Wildman–Crippen MR) is 83.1 cm³/mol. The fraction of sp³-hybridized carbons (Fsp3) is 0.250. The SMILES string of the molecule is Cc1ccc(CN(C)Cc2ccnc(C(N)=NO)c2)cc1. The van der Waals surface area contributed by atoms with E-state index in [2.05, 4.69) is 53.3 Å². The largest absolute Gasteiger partial charge is 0.409 e. The number of hydrogen-bond donors (Lipinski definition) is 2. The summed E-state index contributed by atoms with van der Waals surface area (Å²) in [7, 11) is 2.06.